The van der Waals surface area contributed by atoms with E-state index in [1.54, 1.807) is 11.3 Å². The first kappa shape index (κ1) is 19.4. The van der Waals surface area contributed by atoms with E-state index in [1.165, 1.54) is 0 Å². The number of hydrogen-bond donors (Lipinski definition) is 1. The Hall–Kier alpha value is -2.89. The lowest BCUT2D eigenvalue weighted by Gasteiger charge is -2.14. The van der Waals surface area contributed by atoms with E-state index < -0.39 is 5.97 Å². The highest BCUT2D eigenvalue weighted by Crippen LogP contribution is 2.37. The minimum Gasteiger partial charge on any atom is -0.488 e. The number of carbonyl (C=O) groups is 1. The maximum absolute atomic E-state index is 11.0. The molecule has 29 heavy (non-hydrogen) atoms. The zero-order valence-electron chi connectivity index (χ0n) is 15.5. The van der Waals surface area contributed by atoms with Gasteiger partial charge in [0.1, 0.15) is 12.4 Å². The van der Waals surface area contributed by atoms with Gasteiger partial charge in [0.15, 0.2) is 0 Å². The lowest BCUT2D eigenvalue weighted by atomic mass is 9.99. The first-order valence-corrected chi connectivity index (χ1v) is 10.4. The van der Waals surface area contributed by atoms with Gasteiger partial charge in [0, 0.05) is 28.1 Å². The Morgan fingerprint density at radius 3 is 2.69 bits per heavy atom. The van der Waals surface area contributed by atoms with Crippen LogP contribution in [0.1, 0.15) is 17.5 Å². The van der Waals surface area contributed by atoms with Crippen molar-refractivity contribution < 1.29 is 14.6 Å². The molecule has 0 aliphatic heterocycles. The van der Waals surface area contributed by atoms with Crippen molar-refractivity contribution >= 4 is 39.1 Å². The molecular weight excluding hydrogens is 406 g/mol. The standard InChI is InChI=1S/C23H18ClNO3S/c24-19-7-3-1-5-16(19)13-28-20-8-4-2-6-17(20)18-11-15(9-10-22(26)27)12-21-23(18)25-14-29-21/h1-8,11-12,14H,9-10,13H2,(H,26,27). The van der Waals surface area contributed by atoms with E-state index in [9.17, 15) is 4.79 Å². The molecule has 0 aliphatic carbocycles. The second kappa shape index (κ2) is 8.64. The van der Waals surface area contributed by atoms with Crippen molar-refractivity contribution in [3.8, 4) is 16.9 Å². The number of aliphatic carboxylic acids is 1. The average Bonchev–Trinajstić information content (AvgIpc) is 3.20. The zero-order valence-corrected chi connectivity index (χ0v) is 17.0. The Kier molecular flexibility index (Phi) is 5.79. The average molecular weight is 424 g/mol. The molecule has 146 valence electrons. The van der Waals surface area contributed by atoms with Crippen molar-refractivity contribution in [2.24, 2.45) is 0 Å². The minimum absolute atomic E-state index is 0.0917. The molecule has 0 bridgehead atoms. The second-order valence-electron chi connectivity index (χ2n) is 6.61. The predicted molar refractivity (Wildman–Crippen MR) is 117 cm³/mol. The predicted octanol–water partition coefficient (Wildman–Crippen LogP) is 6.21. The third-order valence-corrected chi connectivity index (χ3v) is 5.79. The van der Waals surface area contributed by atoms with E-state index in [0.717, 1.165) is 38.2 Å². The highest BCUT2D eigenvalue weighted by molar-refractivity contribution is 7.16. The molecule has 0 spiro atoms. The molecule has 1 heterocycles. The molecule has 0 radical (unpaired) electrons. The molecule has 0 unspecified atom stereocenters. The van der Waals surface area contributed by atoms with E-state index >= 15 is 0 Å². The number of aromatic nitrogens is 1. The van der Waals surface area contributed by atoms with E-state index in [0.29, 0.717) is 18.1 Å². The van der Waals surface area contributed by atoms with Crippen molar-refractivity contribution in [1.29, 1.82) is 0 Å². The van der Waals surface area contributed by atoms with E-state index in [1.807, 2.05) is 66.2 Å². The van der Waals surface area contributed by atoms with Crippen LogP contribution >= 0.6 is 22.9 Å². The molecule has 4 aromatic rings. The normalized spacial score (nSPS) is 10.9. The summed E-state index contributed by atoms with van der Waals surface area (Å²) in [6, 6.07) is 19.5. The Labute approximate surface area is 177 Å². The Bertz CT molecular complexity index is 1170. The number of fused-ring (bicyclic) bond motifs is 1. The van der Waals surface area contributed by atoms with Crippen LogP contribution < -0.4 is 4.74 Å². The summed E-state index contributed by atoms with van der Waals surface area (Å²) in [6.45, 7) is 0.357. The molecule has 0 aliphatic rings. The van der Waals surface area contributed by atoms with Crippen LogP contribution in [0.2, 0.25) is 5.02 Å². The number of aryl methyl sites for hydroxylation is 1. The topological polar surface area (TPSA) is 59.4 Å². The molecule has 1 N–H and O–H groups in total. The van der Waals surface area contributed by atoms with Crippen LogP contribution in [-0.2, 0) is 17.8 Å². The summed E-state index contributed by atoms with van der Waals surface area (Å²) in [5.74, 6) is -0.0727. The molecule has 4 rings (SSSR count). The van der Waals surface area contributed by atoms with Crippen LogP contribution in [0, 0.1) is 0 Å². The molecule has 6 heteroatoms. The van der Waals surface area contributed by atoms with Crippen LogP contribution in [0.25, 0.3) is 21.3 Å². The molecule has 4 nitrogen and oxygen atoms in total. The van der Waals surface area contributed by atoms with Crippen molar-refractivity contribution in [3.05, 3.63) is 82.3 Å². The van der Waals surface area contributed by atoms with Crippen LogP contribution in [0.3, 0.4) is 0 Å². The van der Waals surface area contributed by atoms with Gasteiger partial charge in [-0.2, -0.15) is 0 Å². The summed E-state index contributed by atoms with van der Waals surface area (Å²) in [7, 11) is 0. The Morgan fingerprint density at radius 2 is 1.86 bits per heavy atom. The Balaban J connectivity index is 1.71. The molecule has 1 aromatic heterocycles. The van der Waals surface area contributed by atoms with Gasteiger partial charge in [-0.25, -0.2) is 4.98 Å². The highest BCUT2D eigenvalue weighted by Gasteiger charge is 2.14. The van der Waals surface area contributed by atoms with Crippen LogP contribution in [0.4, 0.5) is 0 Å². The van der Waals surface area contributed by atoms with Gasteiger partial charge in [-0.15, -0.1) is 11.3 Å². The van der Waals surface area contributed by atoms with Crippen LogP contribution in [0.5, 0.6) is 5.75 Å². The van der Waals surface area contributed by atoms with E-state index in [-0.39, 0.29) is 6.42 Å². The lowest BCUT2D eigenvalue weighted by Crippen LogP contribution is -1.99. The number of carboxylic acid groups (broad SMARTS) is 1. The van der Waals surface area contributed by atoms with E-state index in [4.69, 9.17) is 21.4 Å². The number of halogens is 1. The number of thiazole rings is 1. The van der Waals surface area contributed by atoms with Crippen molar-refractivity contribution in [2.75, 3.05) is 0 Å². The third kappa shape index (κ3) is 4.42. The smallest absolute Gasteiger partial charge is 0.303 e. The summed E-state index contributed by atoms with van der Waals surface area (Å²) in [5.41, 5.74) is 6.45. The van der Waals surface area contributed by atoms with Crippen LogP contribution in [0.15, 0.2) is 66.2 Å². The summed E-state index contributed by atoms with van der Waals surface area (Å²) in [4.78, 5) is 15.5. The van der Waals surface area contributed by atoms with E-state index in [2.05, 4.69) is 4.98 Å². The molecule has 0 saturated heterocycles. The number of benzene rings is 3. The molecule has 3 aromatic carbocycles. The van der Waals surface area contributed by atoms with Crippen molar-refractivity contribution in [3.63, 3.8) is 0 Å². The highest BCUT2D eigenvalue weighted by atomic mass is 35.5. The van der Waals surface area contributed by atoms with Crippen molar-refractivity contribution in [2.45, 2.75) is 19.4 Å². The summed E-state index contributed by atoms with van der Waals surface area (Å²) < 4.78 is 7.15. The second-order valence-corrected chi connectivity index (χ2v) is 7.91. The number of para-hydroxylation sites is 1. The molecule has 0 atom stereocenters. The SMILES string of the molecule is O=C(O)CCc1cc(-c2ccccc2OCc2ccccc2Cl)c2ncsc2c1. The van der Waals surface area contributed by atoms with Gasteiger partial charge in [-0.1, -0.05) is 48.0 Å². The van der Waals surface area contributed by atoms with Gasteiger partial charge >= 0.3 is 5.97 Å². The molecule has 0 saturated carbocycles. The van der Waals surface area contributed by atoms with Gasteiger partial charge in [0.25, 0.3) is 0 Å². The number of rotatable bonds is 7. The monoisotopic (exact) mass is 423 g/mol. The Morgan fingerprint density at radius 1 is 1.07 bits per heavy atom. The molecule has 0 amide bonds. The first-order valence-electron chi connectivity index (χ1n) is 9.15. The number of nitrogens with zero attached hydrogens (tertiary/aromatic N) is 1. The van der Waals surface area contributed by atoms with Gasteiger partial charge < -0.3 is 9.84 Å². The lowest BCUT2D eigenvalue weighted by molar-refractivity contribution is -0.136. The number of carboxylic acids is 1. The fraction of sp³-hybridized carbons (Fsp3) is 0.130. The van der Waals surface area contributed by atoms with Gasteiger partial charge in [0.05, 0.1) is 15.7 Å². The minimum atomic E-state index is -0.806. The maximum Gasteiger partial charge on any atom is 0.303 e. The number of hydrogen-bond acceptors (Lipinski definition) is 4. The largest absolute Gasteiger partial charge is 0.488 e. The molecular formula is C23H18ClNO3S. The van der Waals surface area contributed by atoms with Gasteiger partial charge in [-0.3, -0.25) is 4.79 Å². The fourth-order valence-electron chi connectivity index (χ4n) is 3.21. The quantitative estimate of drug-likeness (QED) is 0.383. The van der Waals surface area contributed by atoms with Crippen molar-refractivity contribution in [1.82, 2.24) is 4.98 Å². The van der Waals surface area contributed by atoms with Gasteiger partial charge in [-0.05, 0) is 36.2 Å². The summed E-state index contributed by atoms with van der Waals surface area (Å²) in [6.07, 6.45) is 0.563. The van der Waals surface area contributed by atoms with Crippen LogP contribution in [-0.4, -0.2) is 16.1 Å². The molecule has 0 fully saturated rings. The third-order valence-electron chi connectivity index (χ3n) is 4.64. The first-order chi connectivity index (χ1) is 14.1. The zero-order chi connectivity index (χ0) is 20.2. The summed E-state index contributed by atoms with van der Waals surface area (Å²) in [5, 5.41) is 9.71. The van der Waals surface area contributed by atoms with Gasteiger partial charge in [0.2, 0.25) is 0 Å². The number of ether oxygens (including phenoxy) is 1. The fourth-order valence-corrected chi connectivity index (χ4v) is 4.17. The summed E-state index contributed by atoms with van der Waals surface area (Å²) >= 11 is 7.80. The maximum atomic E-state index is 11.0.